The summed E-state index contributed by atoms with van der Waals surface area (Å²) in [6, 6.07) is 12.4. The zero-order valence-electron chi connectivity index (χ0n) is 14.4. The van der Waals surface area contributed by atoms with Crippen LogP contribution < -0.4 is 16.4 Å². The van der Waals surface area contributed by atoms with Gasteiger partial charge in [-0.05, 0) is 49.2 Å². The van der Waals surface area contributed by atoms with Crippen molar-refractivity contribution in [3.05, 3.63) is 69.9 Å². The topological polar surface area (TPSA) is 84.2 Å². The fourth-order valence-electron chi connectivity index (χ4n) is 2.79. The summed E-state index contributed by atoms with van der Waals surface area (Å²) < 4.78 is 0. The number of rotatable bonds is 5. The molecular formula is C20H20ClN3O2. The van der Waals surface area contributed by atoms with E-state index < -0.39 is 0 Å². The molecule has 5 nitrogen and oxygen atoms in total. The summed E-state index contributed by atoms with van der Waals surface area (Å²) in [4.78, 5) is 24.0. The van der Waals surface area contributed by atoms with Crippen LogP contribution in [-0.2, 0) is 11.3 Å². The molecule has 0 bridgehead atoms. The molecule has 3 rings (SSSR count). The molecule has 0 saturated carbocycles. The Balaban J connectivity index is 1.72. The standard InChI is InChI=1S/C20H20ClN3O2/c1-12-17(8-9-19(12)25)24-18-7-4-14(10-16(18)21)20(26)23-15-5-2-13(11-22)3-6-15/h2-7,10,24H,8-9,11,22H2,1H3,(H,23,26). The van der Waals surface area contributed by atoms with Gasteiger partial charge in [-0.2, -0.15) is 0 Å². The fourth-order valence-corrected chi connectivity index (χ4v) is 3.01. The van der Waals surface area contributed by atoms with Crippen LogP contribution in [0.3, 0.4) is 0 Å². The molecule has 0 aromatic heterocycles. The third kappa shape index (κ3) is 3.95. The highest BCUT2D eigenvalue weighted by atomic mass is 35.5. The van der Waals surface area contributed by atoms with Gasteiger partial charge in [-0.25, -0.2) is 0 Å². The first-order valence-corrected chi connectivity index (χ1v) is 8.75. The van der Waals surface area contributed by atoms with Crippen molar-refractivity contribution in [2.75, 3.05) is 10.6 Å². The van der Waals surface area contributed by atoms with E-state index in [2.05, 4.69) is 10.6 Å². The number of carbonyl (C=O) groups is 2. The largest absolute Gasteiger partial charge is 0.357 e. The highest BCUT2D eigenvalue weighted by Crippen LogP contribution is 2.29. The zero-order valence-corrected chi connectivity index (χ0v) is 15.2. The van der Waals surface area contributed by atoms with Crippen LogP contribution in [0.15, 0.2) is 53.7 Å². The third-order valence-corrected chi connectivity index (χ3v) is 4.75. The van der Waals surface area contributed by atoms with E-state index in [1.807, 2.05) is 31.2 Å². The van der Waals surface area contributed by atoms with Gasteiger partial charge in [0, 0.05) is 35.5 Å². The number of amides is 1. The van der Waals surface area contributed by atoms with Crippen molar-refractivity contribution in [2.24, 2.45) is 5.73 Å². The highest BCUT2D eigenvalue weighted by Gasteiger charge is 2.20. The first-order valence-electron chi connectivity index (χ1n) is 8.38. The smallest absolute Gasteiger partial charge is 0.255 e. The van der Waals surface area contributed by atoms with Gasteiger partial charge in [-0.1, -0.05) is 23.7 Å². The van der Waals surface area contributed by atoms with E-state index in [4.69, 9.17) is 17.3 Å². The number of benzene rings is 2. The Labute approximate surface area is 157 Å². The molecule has 2 aromatic carbocycles. The first kappa shape index (κ1) is 18.2. The van der Waals surface area contributed by atoms with Crippen LogP contribution in [0, 0.1) is 0 Å². The molecule has 0 aliphatic heterocycles. The Morgan fingerprint density at radius 3 is 2.46 bits per heavy atom. The lowest BCUT2D eigenvalue weighted by atomic mass is 10.1. The summed E-state index contributed by atoms with van der Waals surface area (Å²) >= 11 is 6.31. The maximum Gasteiger partial charge on any atom is 0.255 e. The van der Waals surface area contributed by atoms with Crippen LogP contribution in [0.5, 0.6) is 0 Å². The molecule has 1 aliphatic carbocycles. The maximum atomic E-state index is 12.4. The van der Waals surface area contributed by atoms with Crippen LogP contribution in [0.1, 0.15) is 35.7 Å². The van der Waals surface area contributed by atoms with Crippen LogP contribution >= 0.6 is 11.6 Å². The van der Waals surface area contributed by atoms with Crippen molar-refractivity contribution in [2.45, 2.75) is 26.3 Å². The van der Waals surface area contributed by atoms with Crippen LogP contribution in [0.25, 0.3) is 0 Å². The number of allylic oxidation sites excluding steroid dienone is 2. The Morgan fingerprint density at radius 1 is 1.15 bits per heavy atom. The molecule has 1 amide bonds. The van der Waals surface area contributed by atoms with E-state index in [1.165, 1.54) is 0 Å². The predicted octanol–water partition coefficient (Wildman–Crippen LogP) is 4.10. The minimum Gasteiger partial charge on any atom is -0.357 e. The van der Waals surface area contributed by atoms with Gasteiger partial charge in [0.05, 0.1) is 10.7 Å². The van der Waals surface area contributed by atoms with Crippen LogP contribution in [0.2, 0.25) is 5.02 Å². The Bertz CT molecular complexity index is 888. The van der Waals surface area contributed by atoms with Crippen molar-refractivity contribution in [1.29, 1.82) is 0 Å². The Morgan fingerprint density at radius 2 is 1.88 bits per heavy atom. The summed E-state index contributed by atoms with van der Waals surface area (Å²) in [6.07, 6.45) is 1.21. The number of hydrogen-bond acceptors (Lipinski definition) is 4. The van der Waals surface area contributed by atoms with Gasteiger partial charge in [0.1, 0.15) is 0 Å². The van der Waals surface area contributed by atoms with Crippen LogP contribution in [-0.4, -0.2) is 11.7 Å². The van der Waals surface area contributed by atoms with E-state index >= 15 is 0 Å². The van der Waals surface area contributed by atoms with Crippen molar-refractivity contribution in [3.8, 4) is 0 Å². The quantitative estimate of drug-likeness (QED) is 0.740. The number of ketones is 1. The molecule has 0 atom stereocenters. The summed E-state index contributed by atoms with van der Waals surface area (Å²) in [5, 5.41) is 6.46. The average molecular weight is 370 g/mol. The predicted molar refractivity (Wildman–Crippen MR) is 104 cm³/mol. The van der Waals surface area contributed by atoms with Crippen molar-refractivity contribution < 1.29 is 9.59 Å². The molecule has 0 radical (unpaired) electrons. The van der Waals surface area contributed by atoms with Gasteiger partial charge in [-0.3, -0.25) is 9.59 Å². The SMILES string of the molecule is CC1=C(Nc2ccc(C(=O)Nc3ccc(CN)cc3)cc2Cl)CCC1=O. The molecular weight excluding hydrogens is 350 g/mol. The second kappa shape index (κ2) is 7.72. The Hall–Kier alpha value is -2.63. The lowest BCUT2D eigenvalue weighted by Gasteiger charge is -2.12. The minimum atomic E-state index is -0.245. The molecule has 6 heteroatoms. The number of nitrogens with one attached hydrogen (secondary N) is 2. The van der Waals surface area contributed by atoms with E-state index in [9.17, 15) is 9.59 Å². The van der Waals surface area contributed by atoms with Gasteiger partial charge in [0.25, 0.3) is 5.91 Å². The molecule has 26 heavy (non-hydrogen) atoms. The van der Waals surface area contributed by atoms with Crippen molar-refractivity contribution in [3.63, 3.8) is 0 Å². The molecule has 2 aromatic rings. The number of hydrogen-bond donors (Lipinski definition) is 3. The lowest BCUT2D eigenvalue weighted by molar-refractivity contribution is -0.114. The van der Waals surface area contributed by atoms with Crippen molar-refractivity contribution in [1.82, 2.24) is 0 Å². The van der Waals surface area contributed by atoms with Gasteiger partial charge < -0.3 is 16.4 Å². The number of Topliss-reactive ketones (excluding diaryl/α,β-unsaturated/α-hetero) is 1. The van der Waals surface area contributed by atoms with Gasteiger partial charge in [-0.15, -0.1) is 0 Å². The molecule has 0 heterocycles. The van der Waals surface area contributed by atoms with Crippen molar-refractivity contribution >= 4 is 34.7 Å². The molecule has 0 unspecified atom stereocenters. The zero-order chi connectivity index (χ0) is 18.7. The van der Waals surface area contributed by atoms with Crippen LogP contribution in [0.4, 0.5) is 11.4 Å². The van der Waals surface area contributed by atoms with E-state index in [0.29, 0.717) is 41.3 Å². The lowest BCUT2D eigenvalue weighted by Crippen LogP contribution is -2.12. The molecule has 134 valence electrons. The van der Waals surface area contributed by atoms with E-state index in [0.717, 1.165) is 16.8 Å². The second-order valence-electron chi connectivity index (χ2n) is 6.20. The van der Waals surface area contributed by atoms with Gasteiger partial charge in [0.15, 0.2) is 5.78 Å². The van der Waals surface area contributed by atoms with Gasteiger partial charge in [0.2, 0.25) is 0 Å². The van der Waals surface area contributed by atoms with Gasteiger partial charge >= 0.3 is 0 Å². The molecule has 0 fully saturated rings. The number of halogens is 1. The molecule has 4 N–H and O–H groups in total. The third-order valence-electron chi connectivity index (χ3n) is 4.44. The highest BCUT2D eigenvalue weighted by molar-refractivity contribution is 6.33. The summed E-state index contributed by atoms with van der Waals surface area (Å²) in [5.74, 6) is -0.0920. The number of nitrogens with two attached hydrogens (primary N) is 1. The van der Waals surface area contributed by atoms with E-state index in [1.54, 1.807) is 18.2 Å². The minimum absolute atomic E-state index is 0.153. The normalized spacial score (nSPS) is 13.9. The average Bonchev–Trinajstić information content (AvgIpc) is 2.96. The first-order chi connectivity index (χ1) is 12.5. The maximum absolute atomic E-state index is 12.4. The summed E-state index contributed by atoms with van der Waals surface area (Å²) in [6.45, 7) is 2.27. The summed E-state index contributed by atoms with van der Waals surface area (Å²) in [7, 11) is 0. The molecule has 0 spiro atoms. The molecule has 0 saturated heterocycles. The monoisotopic (exact) mass is 369 g/mol. The Kier molecular flexibility index (Phi) is 5.40. The second-order valence-corrected chi connectivity index (χ2v) is 6.61. The summed E-state index contributed by atoms with van der Waals surface area (Å²) in [5.41, 5.74) is 10.0. The number of carbonyl (C=O) groups excluding carboxylic acids is 2. The molecule has 1 aliphatic rings. The fraction of sp³-hybridized carbons (Fsp3) is 0.200. The number of anilines is 2. The van der Waals surface area contributed by atoms with E-state index in [-0.39, 0.29) is 11.7 Å².